The van der Waals surface area contributed by atoms with Gasteiger partial charge in [0.05, 0.1) is 26.9 Å². The molecule has 0 radical (unpaired) electrons. The molecule has 0 unspecified atom stereocenters. The van der Waals surface area contributed by atoms with E-state index in [9.17, 15) is 4.79 Å². The summed E-state index contributed by atoms with van der Waals surface area (Å²) in [5.74, 6) is 0.262. The molecule has 5 nitrogen and oxygen atoms in total. The van der Waals surface area contributed by atoms with Crippen LogP contribution < -0.4 is 10.1 Å². The van der Waals surface area contributed by atoms with Gasteiger partial charge in [0.25, 0.3) is 0 Å². The molecule has 0 saturated carbocycles. The summed E-state index contributed by atoms with van der Waals surface area (Å²) in [6, 6.07) is 36.1. The summed E-state index contributed by atoms with van der Waals surface area (Å²) >= 11 is 0. The monoisotopic (exact) mass is 467 g/mol. The zero-order valence-corrected chi connectivity index (χ0v) is 19.9. The molecule has 4 aromatic carbocycles. The van der Waals surface area contributed by atoms with E-state index in [0.29, 0.717) is 5.56 Å². The zero-order valence-electron chi connectivity index (χ0n) is 19.9. The van der Waals surface area contributed by atoms with Crippen LogP contribution in [-0.2, 0) is 26.5 Å². The van der Waals surface area contributed by atoms with Gasteiger partial charge in [0.2, 0.25) is 5.60 Å². The molecule has 0 heterocycles. The van der Waals surface area contributed by atoms with Crippen LogP contribution in [0.1, 0.15) is 22.7 Å². The number of hydrogen-bond acceptors (Lipinski definition) is 5. The van der Waals surface area contributed by atoms with Gasteiger partial charge in [-0.15, -0.1) is 0 Å². The van der Waals surface area contributed by atoms with Gasteiger partial charge >= 0.3 is 5.97 Å². The van der Waals surface area contributed by atoms with Crippen molar-refractivity contribution in [1.82, 2.24) is 0 Å². The molecule has 4 aromatic rings. The average molecular weight is 468 g/mol. The Morgan fingerprint density at radius 2 is 1.34 bits per heavy atom. The number of nitrogens with one attached hydrogen (secondary N) is 1. The number of para-hydroxylation sites is 1. The lowest BCUT2D eigenvalue weighted by Gasteiger charge is -2.39. The SMILES string of the molecule is COC(=O)[C@](OCc1ccc(OC)cc1)(c1ccccc1)[C@@H](Nc1ccccc1)c1ccccc1. The number of methoxy groups -OCH3 is 2. The van der Waals surface area contributed by atoms with Crippen LogP contribution in [0.4, 0.5) is 5.69 Å². The normalized spacial score (nSPS) is 13.3. The highest BCUT2D eigenvalue weighted by molar-refractivity contribution is 5.83. The van der Waals surface area contributed by atoms with E-state index in [1.54, 1.807) is 7.11 Å². The van der Waals surface area contributed by atoms with E-state index in [2.05, 4.69) is 5.32 Å². The summed E-state index contributed by atoms with van der Waals surface area (Å²) in [5, 5.41) is 3.56. The molecular weight excluding hydrogens is 438 g/mol. The molecule has 5 heteroatoms. The van der Waals surface area contributed by atoms with Gasteiger partial charge in [-0.2, -0.15) is 0 Å². The second-order valence-electron chi connectivity index (χ2n) is 8.08. The molecule has 0 saturated heterocycles. The molecule has 0 aliphatic rings. The minimum Gasteiger partial charge on any atom is -0.497 e. The summed E-state index contributed by atoms with van der Waals surface area (Å²) < 4.78 is 17.3. The van der Waals surface area contributed by atoms with Crippen molar-refractivity contribution >= 4 is 11.7 Å². The topological polar surface area (TPSA) is 56.8 Å². The lowest BCUT2D eigenvalue weighted by molar-refractivity contribution is -0.177. The quantitative estimate of drug-likeness (QED) is 0.284. The smallest absolute Gasteiger partial charge is 0.345 e. The number of ether oxygens (including phenoxy) is 3. The van der Waals surface area contributed by atoms with Gasteiger partial charge in [-0.05, 0) is 41.0 Å². The highest BCUT2D eigenvalue weighted by atomic mass is 16.6. The van der Waals surface area contributed by atoms with E-state index in [0.717, 1.165) is 22.6 Å². The molecule has 0 aliphatic heterocycles. The van der Waals surface area contributed by atoms with Gasteiger partial charge < -0.3 is 19.5 Å². The Morgan fingerprint density at radius 1 is 0.771 bits per heavy atom. The van der Waals surface area contributed by atoms with Crippen molar-refractivity contribution in [2.24, 2.45) is 0 Å². The van der Waals surface area contributed by atoms with E-state index in [1.807, 2.05) is 115 Å². The van der Waals surface area contributed by atoms with Crippen molar-refractivity contribution in [1.29, 1.82) is 0 Å². The van der Waals surface area contributed by atoms with Crippen molar-refractivity contribution in [2.75, 3.05) is 19.5 Å². The minimum absolute atomic E-state index is 0.188. The molecule has 35 heavy (non-hydrogen) atoms. The number of benzene rings is 4. The molecule has 178 valence electrons. The number of esters is 1. The highest BCUT2D eigenvalue weighted by Crippen LogP contribution is 2.43. The van der Waals surface area contributed by atoms with Crippen LogP contribution in [0.5, 0.6) is 5.75 Å². The number of anilines is 1. The Morgan fingerprint density at radius 3 is 1.91 bits per heavy atom. The maximum Gasteiger partial charge on any atom is 0.345 e. The third kappa shape index (κ3) is 5.36. The predicted molar refractivity (Wildman–Crippen MR) is 137 cm³/mol. The maximum atomic E-state index is 13.8. The average Bonchev–Trinajstić information content (AvgIpc) is 2.94. The van der Waals surface area contributed by atoms with E-state index in [-0.39, 0.29) is 6.61 Å². The van der Waals surface area contributed by atoms with Crippen molar-refractivity contribution in [2.45, 2.75) is 18.2 Å². The van der Waals surface area contributed by atoms with Crippen LogP contribution in [0, 0.1) is 0 Å². The van der Waals surface area contributed by atoms with Gasteiger partial charge in [0, 0.05) is 5.69 Å². The summed E-state index contributed by atoms with van der Waals surface area (Å²) in [5.41, 5.74) is 1.87. The first kappa shape index (κ1) is 24.0. The van der Waals surface area contributed by atoms with Gasteiger partial charge in [-0.25, -0.2) is 4.79 Å². The lowest BCUT2D eigenvalue weighted by atomic mass is 9.81. The Hall–Kier alpha value is -4.09. The molecule has 4 rings (SSSR count). The maximum absolute atomic E-state index is 13.8. The fourth-order valence-corrected chi connectivity index (χ4v) is 4.15. The van der Waals surface area contributed by atoms with Gasteiger partial charge in [-0.1, -0.05) is 91.0 Å². The first-order chi connectivity index (χ1) is 17.2. The number of hydrogen-bond donors (Lipinski definition) is 1. The molecule has 0 aromatic heterocycles. The summed E-state index contributed by atoms with van der Waals surface area (Å²) in [4.78, 5) is 13.8. The minimum atomic E-state index is -1.48. The molecular formula is C30H29NO4. The number of carbonyl (C=O) groups excluding carboxylic acids is 1. The molecule has 2 atom stereocenters. The molecule has 0 spiro atoms. The van der Waals surface area contributed by atoms with Crippen molar-refractivity contribution in [3.63, 3.8) is 0 Å². The summed E-state index contributed by atoms with van der Waals surface area (Å²) in [7, 11) is 3.02. The molecule has 0 fully saturated rings. The molecule has 0 amide bonds. The molecule has 0 bridgehead atoms. The summed E-state index contributed by atoms with van der Waals surface area (Å²) in [6.45, 7) is 0.188. The number of carbonyl (C=O) groups is 1. The lowest BCUT2D eigenvalue weighted by Crippen LogP contribution is -2.48. The Labute approximate surface area is 206 Å². The first-order valence-electron chi connectivity index (χ1n) is 11.4. The van der Waals surface area contributed by atoms with E-state index in [4.69, 9.17) is 14.2 Å². The van der Waals surface area contributed by atoms with Gasteiger partial charge in [0.15, 0.2) is 0 Å². The first-order valence-corrected chi connectivity index (χ1v) is 11.4. The summed E-state index contributed by atoms with van der Waals surface area (Å²) in [6.07, 6.45) is 0. The van der Waals surface area contributed by atoms with Gasteiger partial charge in [0.1, 0.15) is 5.75 Å². The van der Waals surface area contributed by atoms with E-state index >= 15 is 0 Å². The number of rotatable bonds is 10. The second-order valence-corrected chi connectivity index (χ2v) is 8.08. The van der Waals surface area contributed by atoms with Crippen molar-refractivity contribution in [3.05, 3.63) is 132 Å². The fourth-order valence-electron chi connectivity index (χ4n) is 4.15. The molecule has 1 N–H and O–H groups in total. The van der Waals surface area contributed by atoms with Crippen molar-refractivity contribution in [3.8, 4) is 5.75 Å². The van der Waals surface area contributed by atoms with E-state index < -0.39 is 17.6 Å². The Balaban J connectivity index is 1.85. The second kappa shape index (κ2) is 11.4. The Bertz CT molecular complexity index is 1200. The van der Waals surface area contributed by atoms with Crippen LogP contribution in [0.25, 0.3) is 0 Å². The third-order valence-electron chi connectivity index (χ3n) is 5.94. The van der Waals surface area contributed by atoms with Gasteiger partial charge in [-0.3, -0.25) is 0 Å². The third-order valence-corrected chi connectivity index (χ3v) is 5.94. The van der Waals surface area contributed by atoms with Crippen LogP contribution >= 0.6 is 0 Å². The Kier molecular flexibility index (Phi) is 7.81. The van der Waals surface area contributed by atoms with Crippen LogP contribution in [-0.4, -0.2) is 20.2 Å². The largest absolute Gasteiger partial charge is 0.497 e. The van der Waals surface area contributed by atoms with Crippen LogP contribution in [0.3, 0.4) is 0 Å². The predicted octanol–water partition coefficient (Wildman–Crippen LogP) is 6.13. The van der Waals surface area contributed by atoms with E-state index in [1.165, 1.54) is 7.11 Å². The highest BCUT2D eigenvalue weighted by Gasteiger charge is 2.51. The standard InChI is InChI=1S/C30H29NO4/c1-33-27-20-18-23(19-21-27)22-35-30(29(32)34-2,25-14-8-4-9-15-25)28(24-12-6-3-7-13-24)31-26-16-10-5-11-17-26/h3-21,28,31H,22H2,1-2H3/t28-,30-/m0/s1. The fraction of sp³-hybridized carbons (Fsp3) is 0.167. The van der Waals surface area contributed by atoms with Crippen LogP contribution in [0.15, 0.2) is 115 Å². The zero-order chi connectivity index (χ0) is 24.5. The molecule has 0 aliphatic carbocycles. The van der Waals surface area contributed by atoms with Crippen LogP contribution in [0.2, 0.25) is 0 Å². The van der Waals surface area contributed by atoms with Crippen molar-refractivity contribution < 1.29 is 19.0 Å².